The van der Waals surface area contributed by atoms with Crippen LogP contribution < -0.4 is 5.32 Å². The van der Waals surface area contributed by atoms with Gasteiger partial charge in [0.25, 0.3) is 0 Å². The van der Waals surface area contributed by atoms with Crippen molar-refractivity contribution in [1.82, 2.24) is 5.32 Å². The molecule has 0 atom stereocenters. The molecule has 0 radical (unpaired) electrons. The van der Waals surface area contributed by atoms with Crippen LogP contribution in [0.15, 0.2) is 12.2 Å². The number of allylic oxidation sites excluding steroid dienone is 1. The summed E-state index contributed by atoms with van der Waals surface area (Å²) < 4.78 is 0. The van der Waals surface area contributed by atoms with Gasteiger partial charge in [-0.25, -0.2) is 0 Å². The van der Waals surface area contributed by atoms with Gasteiger partial charge in [-0.3, -0.25) is 0 Å². The Morgan fingerprint density at radius 1 is 1.27 bits per heavy atom. The van der Waals surface area contributed by atoms with Crippen LogP contribution in [0, 0.1) is 0 Å². The Hall–Kier alpha value is -0.0100. The van der Waals surface area contributed by atoms with E-state index in [0.717, 1.165) is 6.54 Å². The van der Waals surface area contributed by atoms with Crippen molar-refractivity contribution in [3.8, 4) is 0 Å². The molecule has 0 aromatic heterocycles. The first-order valence-corrected chi connectivity index (χ1v) is 4.23. The fourth-order valence-electron chi connectivity index (χ4n) is 0.779. The van der Waals surface area contributed by atoms with Crippen LogP contribution in [0.2, 0.25) is 0 Å². The van der Waals surface area contributed by atoms with Crippen LogP contribution in [0.25, 0.3) is 0 Å². The quantitative estimate of drug-likeness (QED) is 0.486. The van der Waals surface area contributed by atoms with Crippen molar-refractivity contribution in [3.05, 3.63) is 12.2 Å². The van der Waals surface area contributed by atoms with E-state index < -0.39 is 0 Å². The minimum absolute atomic E-state index is 0. The molecule has 0 bridgehead atoms. The van der Waals surface area contributed by atoms with E-state index in [4.69, 9.17) is 0 Å². The van der Waals surface area contributed by atoms with Crippen LogP contribution in [0.1, 0.15) is 33.1 Å². The third kappa shape index (κ3) is 13.1. The van der Waals surface area contributed by atoms with Gasteiger partial charge in [0.05, 0.1) is 0 Å². The van der Waals surface area contributed by atoms with Gasteiger partial charge in [-0.1, -0.05) is 25.5 Å². The predicted molar refractivity (Wildman–Crippen MR) is 54.5 cm³/mol. The standard InChI is InChI=1S/C9H19N.ClH/c1-3-5-7-9-10-8-6-4-2;/h3,5,10H,4,6-9H2,1-2H3;1H/b5-3+;. The maximum absolute atomic E-state index is 3.37. The largest absolute Gasteiger partial charge is 0.316 e. The highest BCUT2D eigenvalue weighted by Crippen LogP contribution is 1.83. The molecule has 0 heterocycles. The summed E-state index contributed by atoms with van der Waals surface area (Å²) in [6.45, 7) is 6.58. The number of unbranched alkanes of at least 4 members (excludes halogenated alkanes) is 1. The summed E-state index contributed by atoms with van der Waals surface area (Å²) in [5.41, 5.74) is 0. The van der Waals surface area contributed by atoms with Crippen molar-refractivity contribution >= 4 is 12.4 Å². The van der Waals surface area contributed by atoms with Crippen LogP contribution in [0.3, 0.4) is 0 Å². The summed E-state index contributed by atoms with van der Waals surface area (Å²) >= 11 is 0. The van der Waals surface area contributed by atoms with Gasteiger partial charge in [0, 0.05) is 0 Å². The number of hydrogen-bond donors (Lipinski definition) is 1. The molecule has 0 saturated heterocycles. The zero-order valence-electron chi connectivity index (χ0n) is 7.60. The first kappa shape index (κ1) is 13.6. The summed E-state index contributed by atoms with van der Waals surface area (Å²) in [5, 5.41) is 3.37. The Labute approximate surface area is 76.7 Å². The number of halogens is 1. The third-order valence-electron chi connectivity index (χ3n) is 1.43. The molecule has 0 aromatic rings. The second-order valence-electron chi connectivity index (χ2n) is 2.46. The van der Waals surface area contributed by atoms with Crippen molar-refractivity contribution in [2.75, 3.05) is 13.1 Å². The molecule has 0 spiro atoms. The molecule has 1 nitrogen and oxygen atoms in total. The zero-order valence-corrected chi connectivity index (χ0v) is 8.41. The molecule has 0 unspecified atom stereocenters. The third-order valence-corrected chi connectivity index (χ3v) is 1.43. The Balaban J connectivity index is 0. The Morgan fingerprint density at radius 2 is 2.00 bits per heavy atom. The van der Waals surface area contributed by atoms with Crippen LogP contribution in [-0.4, -0.2) is 13.1 Å². The highest BCUT2D eigenvalue weighted by Gasteiger charge is 1.82. The lowest BCUT2D eigenvalue weighted by Gasteiger charge is -1.99. The minimum atomic E-state index is 0. The average Bonchev–Trinajstić information content (AvgIpc) is 1.97. The molecule has 68 valence electrons. The van der Waals surface area contributed by atoms with E-state index in [1.807, 2.05) is 0 Å². The van der Waals surface area contributed by atoms with Crippen LogP contribution in [0.5, 0.6) is 0 Å². The second kappa shape index (κ2) is 12.6. The first-order valence-electron chi connectivity index (χ1n) is 4.23. The summed E-state index contributed by atoms with van der Waals surface area (Å²) in [4.78, 5) is 0. The molecule has 0 saturated carbocycles. The Morgan fingerprint density at radius 3 is 2.55 bits per heavy atom. The van der Waals surface area contributed by atoms with Gasteiger partial charge in [0.15, 0.2) is 0 Å². The minimum Gasteiger partial charge on any atom is -0.316 e. The lowest BCUT2D eigenvalue weighted by Crippen LogP contribution is -2.15. The smallest absolute Gasteiger partial charge is 0.00143 e. The lowest BCUT2D eigenvalue weighted by atomic mass is 10.3. The van der Waals surface area contributed by atoms with Gasteiger partial charge in [0.1, 0.15) is 0 Å². The summed E-state index contributed by atoms with van der Waals surface area (Å²) in [5.74, 6) is 0. The fourth-order valence-corrected chi connectivity index (χ4v) is 0.779. The highest BCUT2D eigenvalue weighted by molar-refractivity contribution is 5.85. The van der Waals surface area contributed by atoms with Crippen molar-refractivity contribution in [3.63, 3.8) is 0 Å². The molecule has 0 aliphatic heterocycles. The predicted octanol–water partition coefficient (Wildman–Crippen LogP) is 2.76. The lowest BCUT2D eigenvalue weighted by molar-refractivity contribution is 0.645. The molecule has 0 rings (SSSR count). The molecule has 2 heteroatoms. The molecule has 0 fully saturated rings. The number of nitrogens with one attached hydrogen (secondary N) is 1. The van der Waals surface area contributed by atoms with Gasteiger partial charge < -0.3 is 5.32 Å². The van der Waals surface area contributed by atoms with E-state index in [1.165, 1.54) is 25.8 Å². The normalized spacial score (nSPS) is 10.0. The van der Waals surface area contributed by atoms with Gasteiger partial charge in [-0.15, -0.1) is 12.4 Å². The molecule has 0 aromatic carbocycles. The molecular formula is C9H20ClN. The Kier molecular flexibility index (Phi) is 15.6. The van der Waals surface area contributed by atoms with E-state index in [9.17, 15) is 0 Å². The van der Waals surface area contributed by atoms with E-state index in [2.05, 4.69) is 31.3 Å². The van der Waals surface area contributed by atoms with Crippen LogP contribution in [-0.2, 0) is 0 Å². The monoisotopic (exact) mass is 177 g/mol. The summed E-state index contributed by atoms with van der Waals surface area (Å²) in [7, 11) is 0. The topological polar surface area (TPSA) is 12.0 Å². The van der Waals surface area contributed by atoms with E-state index in [1.54, 1.807) is 0 Å². The van der Waals surface area contributed by atoms with Crippen molar-refractivity contribution in [2.45, 2.75) is 33.1 Å². The van der Waals surface area contributed by atoms with Crippen LogP contribution >= 0.6 is 12.4 Å². The highest BCUT2D eigenvalue weighted by atomic mass is 35.5. The van der Waals surface area contributed by atoms with Gasteiger partial charge in [-0.2, -0.15) is 0 Å². The number of hydrogen-bond acceptors (Lipinski definition) is 1. The molecule has 1 N–H and O–H groups in total. The van der Waals surface area contributed by atoms with Gasteiger partial charge in [0.2, 0.25) is 0 Å². The van der Waals surface area contributed by atoms with E-state index >= 15 is 0 Å². The summed E-state index contributed by atoms with van der Waals surface area (Å²) in [6, 6.07) is 0. The molecular weight excluding hydrogens is 158 g/mol. The van der Waals surface area contributed by atoms with Crippen molar-refractivity contribution in [2.24, 2.45) is 0 Å². The molecule has 0 amide bonds. The number of rotatable bonds is 6. The molecule has 11 heavy (non-hydrogen) atoms. The van der Waals surface area contributed by atoms with E-state index in [0.29, 0.717) is 0 Å². The zero-order chi connectivity index (χ0) is 7.66. The average molecular weight is 178 g/mol. The Bertz CT molecular complexity index is 81.6. The van der Waals surface area contributed by atoms with Gasteiger partial charge in [-0.05, 0) is 32.9 Å². The summed E-state index contributed by atoms with van der Waals surface area (Å²) in [6.07, 6.45) is 8.05. The first-order chi connectivity index (χ1) is 4.91. The molecule has 0 aliphatic rings. The van der Waals surface area contributed by atoms with Crippen molar-refractivity contribution < 1.29 is 0 Å². The second-order valence-corrected chi connectivity index (χ2v) is 2.46. The van der Waals surface area contributed by atoms with Crippen molar-refractivity contribution in [1.29, 1.82) is 0 Å². The van der Waals surface area contributed by atoms with E-state index in [-0.39, 0.29) is 12.4 Å². The maximum atomic E-state index is 3.37. The SMILES string of the molecule is C/C=C/CCNCCCC.Cl. The molecule has 0 aliphatic carbocycles. The fraction of sp³-hybridized carbons (Fsp3) is 0.778. The van der Waals surface area contributed by atoms with Crippen LogP contribution in [0.4, 0.5) is 0 Å². The van der Waals surface area contributed by atoms with Gasteiger partial charge >= 0.3 is 0 Å². The maximum Gasteiger partial charge on any atom is -0.00143 e.